The predicted octanol–water partition coefficient (Wildman–Crippen LogP) is 4.94. The zero-order valence-corrected chi connectivity index (χ0v) is 20.5. The molecule has 0 aromatic heterocycles. The molecule has 33 heavy (non-hydrogen) atoms. The molecule has 3 rings (SSSR count). The average molecular weight is 486 g/mol. The molecular formula is C25H28ClN3O3S. The monoisotopic (exact) mass is 485 g/mol. The van der Waals surface area contributed by atoms with Gasteiger partial charge in [-0.3, -0.25) is 9.10 Å². The standard InChI is InChI=1S/C25H28ClN3O3S/c1-4-29(5-2)23-12-6-19(7-13-23)18-27-25(30)20-8-14-22(15-9-20)28(3)33(31,32)24-16-10-21(26)11-17-24/h6-17H,4-5,18H2,1-3H3,(H,27,30). The summed E-state index contributed by atoms with van der Waals surface area (Å²) in [4.78, 5) is 15.0. The highest BCUT2D eigenvalue weighted by atomic mass is 35.5. The van der Waals surface area contributed by atoms with Gasteiger partial charge in [0.2, 0.25) is 0 Å². The van der Waals surface area contributed by atoms with Crippen LogP contribution in [0.2, 0.25) is 5.02 Å². The largest absolute Gasteiger partial charge is 0.372 e. The van der Waals surface area contributed by atoms with Crippen molar-refractivity contribution < 1.29 is 13.2 Å². The van der Waals surface area contributed by atoms with E-state index in [2.05, 4.69) is 36.2 Å². The van der Waals surface area contributed by atoms with Crippen molar-refractivity contribution in [3.8, 4) is 0 Å². The molecule has 0 bridgehead atoms. The first-order chi connectivity index (χ1) is 15.8. The number of hydrogen-bond acceptors (Lipinski definition) is 4. The summed E-state index contributed by atoms with van der Waals surface area (Å²) in [5.74, 6) is -0.224. The van der Waals surface area contributed by atoms with Crippen molar-refractivity contribution >= 4 is 38.9 Å². The van der Waals surface area contributed by atoms with E-state index in [0.717, 1.165) is 24.3 Å². The summed E-state index contributed by atoms with van der Waals surface area (Å²) in [6.07, 6.45) is 0. The Kier molecular flexibility index (Phi) is 8.00. The lowest BCUT2D eigenvalue weighted by Gasteiger charge is -2.21. The second-order valence-corrected chi connectivity index (χ2v) is 9.90. The Morgan fingerprint density at radius 3 is 1.94 bits per heavy atom. The minimum absolute atomic E-state index is 0.142. The number of anilines is 2. The SMILES string of the molecule is CCN(CC)c1ccc(CNC(=O)c2ccc(N(C)S(=O)(=O)c3ccc(Cl)cc3)cc2)cc1. The van der Waals surface area contributed by atoms with Crippen LogP contribution in [0, 0.1) is 0 Å². The number of halogens is 1. The van der Waals surface area contributed by atoms with Crippen LogP contribution in [-0.4, -0.2) is 34.5 Å². The molecule has 0 atom stereocenters. The molecular weight excluding hydrogens is 458 g/mol. The average Bonchev–Trinajstić information content (AvgIpc) is 2.84. The smallest absolute Gasteiger partial charge is 0.264 e. The van der Waals surface area contributed by atoms with Crippen LogP contribution < -0.4 is 14.5 Å². The molecule has 3 aromatic carbocycles. The number of hydrogen-bond donors (Lipinski definition) is 1. The van der Waals surface area contributed by atoms with Gasteiger partial charge in [-0.2, -0.15) is 0 Å². The van der Waals surface area contributed by atoms with Crippen LogP contribution in [-0.2, 0) is 16.6 Å². The molecule has 0 radical (unpaired) electrons. The number of amides is 1. The second kappa shape index (κ2) is 10.7. The number of sulfonamides is 1. The van der Waals surface area contributed by atoms with Crippen LogP contribution in [0.5, 0.6) is 0 Å². The first kappa shape index (κ1) is 24.6. The fourth-order valence-electron chi connectivity index (χ4n) is 3.42. The zero-order valence-electron chi connectivity index (χ0n) is 19.0. The van der Waals surface area contributed by atoms with Gasteiger partial charge in [0.1, 0.15) is 0 Å². The minimum atomic E-state index is -3.73. The molecule has 0 aliphatic carbocycles. The maximum absolute atomic E-state index is 12.8. The number of benzene rings is 3. The number of carbonyl (C=O) groups is 1. The highest BCUT2D eigenvalue weighted by Gasteiger charge is 2.21. The van der Waals surface area contributed by atoms with Crippen molar-refractivity contribution in [1.29, 1.82) is 0 Å². The summed E-state index contributed by atoms with van der Waals surface area (Å²) in [5, 5.41) is 3.37. The van der Waals surface area contributed by atoms with E-state index < -0.39 is 10.0 Å². The Hall–Kier alpha value is -3.03. The topological polar surface area (TPSA) is 69.7 Å². The van der Waals surface area contributed by atoms with Gasteiger partial charge in [0.25, 0.3) is 15.9 Å². The van der Waals surface area contributed by atoms with E-state index in [4.69, 9.17) is 11.6 Å². The molecule has 0 unspecified atom stereocenters. The third-order valence-corrected chi connectivity index (χ3v) is 7.53. The lowest BCUT2D eigenvalue weighted by Crippen LogP contribution is -2.27. The van der Waals surface area contributed by atoms with Crippen molar-refractivity contribution in [1.82, 2.24) is 5.32 Å². The first-order valence-electron chi connectivity index (χ1n) is 10.7. The van der Waals surface area contributed by atoms with Gasteiger partial charge in [-0.1, -0.05) is 23.7 Å². The molecule has 1 N–H and O–H groups in total. The number of rotatable bonds is 9. The van der Waals surface area contributed by atoms with E-state index >= 15 is 0 Å². The maximum atomic E-state index is 12.8. The molecule has 3 aromatic rings. The van der Waals surface area contributed by atoms with Gasteiger partial charge < -0.3 is 10.2 Å². The van der Waals surface area contributed by atoms with Crippen LogP contribution in [0.25, 0.3) is 0 Å². The quantitative estimate of drug-likeness (QED) is 0.466. The summed E-state index contributed by atoms with van der Waals surface area (Å²) in [5.41, 5.74) is 3.07. The summed E-state index contributed by atoms with van der Waals surface area (Å²) in [7, 11) is -2.26. The fourth-order valence-corrected chi connectivity index (χ4v) is 4.75. The third-order valence-electron chi connectivity index (χ3n) is 5.48. The lowest BCUT2D eigenvalue weighted by molar-refractivity contribution is 0.0951. The Morgan fingerprint density at radius 1 is 0.848 bits per heavy atom. The van der Waals surface area contributed by atoms with Gasteiger partial charge in [0.05, 0.1) is 10.6 Å². The van der Waals surface area contributed by atoms with E-state index in [1.54, 1.807) is 24.3 Å². The molecule has 0 heterocycles. The zero-order chi connectivity index (χ0) is 24.0. The van der Waals surface area contributed by atoms with Crippen molar-refractivity contribution in [2.45, 2.75) is 25.3 Å². The number of nitrogens with one attached hydrogen (secondary N) is 1. The van der Waals surface area contributed by atoms with Crippen LogP contribution in [0.1, 0.15) is 29.8 Å². The van der Waals surface area contributed by atoms with Crippen LogP contribution >= 0.6 is 11.6 Å². The molecule has 1 amide bonds. The number of nitrogens with zero attached hydrogens (tertiary/aromatic N) is 2. The number of carbonyl (C=O) groups excluding carboxylic acids is 1. The highest BCUT2D eigenvalue weighted by molar-refractivity contribution is 7.92. The van der Waals surface area contributed by atoms with E-state index in [0.29, 0.717) is 22.8 Å². The van der Waals surface area contributed by atoms with Gasteiger partial charge in [-0.25, -0.2) is 8.42 Å². The minimum Gasteiger partial charge on any atom is -0.372 e. The molecule has 0 aliphatic rings. The Balaban J connectivity index is 1.63. The highest BCUT2D eigenvalue weighted by Crippen LogP contribution is 2.23. The van der Waals surface area contributed by atoms with Crippen LogP contribution in [0.3, 0.4) is 0 Å². The lowest BCUT2D eigenvalue weighted by atomic mass is 10.1. The Bertz CT molecular complexity index is 1180. The van der Waals surface area contributed by atoms with Crippen LogP contribution in [0.4, 0.5) is 11.4 Å². The van der Waals surface area contributed by atoms with Crippen molar-refractivity contribution in [2.75, 3.05) is 29.3 Å². The van der Waals surface area contributed by atoms with E-state index in [-0.39, 0.29) is 10.8 Å². The van der Waals surface area contributed by atoms with Gasteiger partial charge >= 0.3 is 0 Å². The Labute approximate surface area is 200 Å². The Morgan fingerprint density at radius 2 is 1.39 bits per heavy atom. The van der Waals surface area contributed by atoms with Gasteiger partial charge in [0.15, 0.2) is 0 Å². The van der Waals surface area contributed by atoms with Gasteiger partial charge in [0, 0.05) is 43.0 Å². The van der Waals surface area contributed by atoms with E-state index in [1.807, 2.05) is 12.1 Å². The summed E-state index contributed by atoms with van der Waals surface area (Å²) >= 11 is 5.85. The van der Waals surface area contributed by atoms with Crippen molar-refractivity contribution in [3.63, 3.8) is 0 Å². The third kappa shape index (κ3) is 5.86. The molecule has 174 valence electrons. The van der Waals surface area contributed by atoms with Crippen molar-refractivity contribution in [3.05, 3.63) is 88.9 Å². The van der Waals surface area contributed by atoms with Gasteiger partial charge in [-0.15, -0.1) is 0 Å². The summed E-state index contributed by atoms with van der Waals surface area (Å²) in [6.45, 7) is 6.53. The van der Waals surface area contributed by atoms with E-state index in [1.165, 1.54) is 35.6 Å². The summed E-state index contributed by atoms with van der Waals surface area (Å²) < 4.78 is 26.8. The molecule has 0 fully saturated rings. The predicted molar refractivity (Wildman–Crippen MR) is 135 cm³/mol. The van der Waals surface area contributed by atoms with Crippen LogP contribution in [0.15, 0.2) is 77.7 Å². The first-order valence-corrected chi connectivity index (χ1v) is 12.5. The molecule has 0 spiro atoms. The molecule has 8 heteroatoms. The molecule has 0 saturated heterocycles. The normalized spacial score (nSPS) is 11.2. The van der Waals surface area contributed by atoms with E-state index in [9.17, 15) is 13.2 Å². The molecule has 0 saturated carbocycles. The molecule has 0 aliphatic heterocycles. The van der Waals surface area contributed by atoms with Gasteiger partial charge in [-0.05, 0) is 80.1 Å². The second-order valence-electron chi connectivity index (χ2n) is 7.49. The molecule has 6 nitrogen and oxygen atoms in total. The summed E-state index contributed by atoms with van der Waals surface area (Å²) in [6, 6.07) is 20.6. The van der Waals surface area contributed by atoms with Crippen molar-refractivity contribution in [2.24, 2.45) is 0 Å². The fraction of sp³-hybridized carbons (Fsp3) is 0.240. The maximum Gasteiger partial charge on any atom is 0.264 e.